The number of nitrogens with zero attached hydrogens (tertiary/aromatic N) is 1. The van der Waals surface area contributed by atoms with Crippen LogP contribution in [0.25, 0.3) is 0 Å². The number of rotatable bonds is 5. The number of nitrogens with one attached hydrogen (secondary N) is 1. The molecule has 104 valence electrons. The van der Waals surface area contributed by atoms with Gasteiger partial charge in [-0.05, 0) is 25.2 Å². The molecule has 1 unspecified atom stereocenters. The first-order chi connectivity index (χ1) is 8.60. The molecule has 1 saturated heterocycles. The first kappa shape index (κ1) is 13.8. The van der Waals surface area contributed by atoms with Gasteiger partial charge in [0.2, 0.25) is 5.91 Å². The second-order valence-corrected chi connectivity index (χ2v) is 5.97. The molecule has 1 aliphatic carbocycles. The van der Waals surface area contributed by atoms with Gasteiger partial charge in [0.15, 0.2) is 0 Å². The van der Waals surface area contributed by atoms with E-state index in [9.17, 15) is 4.79 Å². The van der Waals surface area contributed by atoms with Gasteiger partial charge >= 0.3 is 0 Å². The van der Waals surface area contributed by atoms with Crippen LogP contribution in [0.3, 0.4) is 0 Å². The molecule has 1 aliphatic heterocycles. The van der Waals surface area contributed by atoms with Crippen LogP contribution in [-0.4, -0.2) is 42.8 Å². The van der Waals surface area contributed by atoms with Crippen molar-refractivity contribution in [3.05, 3.63) is 0 Å². The first-order valence-electron chi connectivity index (χ1n) is 7.18. The molecule has 1 amide bonds. The Kier molecular flexibility index (Phi) is 4.28. The third-order valence-electron chi connectivity index (χ3n) is 4.27. The van der Waals surface area contributed by atoms with E-state index in [1.807, 2.05) is 0 Å². The van der Waals surface area contributed by atoms with Crippen LogP contribution in [-0.2, 0) is 9.53 Å². The van der Waals surface area contributed by atoms with Gasteiger partial charge in [0.25, 0.3) is 0 Å². The maximum atomic E-state index is 12.7. The molecule has 1 saturated carbocycles. The lowest BCUT2D eigenvalue weighted by molar-refractivity contribution is -0.133. The molecule has 1 spiro atoms. The van der Waals surface area contributed by atoms with E-state index < -0.39 is 0 Å². The van der Waals surface area contributed by atoms with Crippen LogP contribution >= 0.6 is 0 Å². The fraction of sp³-hybridized carbons (Fsp3) is 0.929. The molecule has 2 fully saturated rings. The lowest BCUT2D eigenvalue weighted by atomic mass is 9.98. The molecule has 4 heteroatoms. The fourth-order valence-corrected chi connectivity index (χ4v) is 3.31. The fourth-order valence-electron chi connectivity index (χ4n) is 3.31. The van der Waals surface area contributed by atoms with Gasteiger partial charge in [-0.3, -0.25) is 10.1 Å². The van der Waals surface area contributed by atoms with Crippen LogP contribution in [0.5, 0.6) is 0 Å². The SMILES string of the molecule is COCCCN1C(=O)C2(CCCC2)NC1C(C)C. The Morgan fingerprint density at radius 1 is 1.44 bits per heavy atom. The standard InChI is InChI=1S/C14H26N2O2/c1-11(2)12-15-14(7-4-5-8-14)13(17)16(12)9-6-10-18-3/h11-12,15H,4-10H2,1-3H3. The van der Waals surface area contributed by atoms with Crippen LogP contribution in [0.2, 0.25) is 0 Å². The average molecular weight is 254 g/mol. The van der Waals surface area contributed by atoms with Crippen molar-refractivity contribution in [1.82, 2.24) is 10.2 Å². The Bertz CT molecular complexity index is 298. The van der Waals surface area contributed by atoms with Gasteiger partial charge in [-0.15, -0.1) is 0 Å². The van der Waals surface area contributed by atoms with Crippen LogP contribution in [0.4, 0.5) is 0 Å². The predicted octanol–water partition coefficient (Wildman–Crippen LogP) is 1.75. The normalized spacial score (nSPS) is 26.8. The number of methoxy groups -OCH3 is 1. The molecule has 2 aliphatic rings. The van der Waals surface area contributed by atoms with Gasteiger partial charge in [-0.25, -0.2) is 0 Å². The number of ether oxygens (including phenoxy) is 1. The number of amides is 1. The molecule has 0 bridgehead atoms. The molecule has 1 atom stereocenters. The van der Waals surface area contributed by atoms with Gasteiger partial charge in [0, 0.05) is 20.3 Å². The van der Waals surface area contributed by atoms with Crippen molar-refractivity contribution in [2.75, 3.05) is 20.3 Å². The Hall–Kier alpha value is -0.610. The summed E-state index contributed by atoms with van der Waals surface area (Å²) < 4.78 is 5.09. The molecule has 0 radical (unpaired) electrons. The highest BCUT2D eigenvalue weighted by Crippen LogP contribution is 2.37. The van der Waals surface area contributed by atoms with Gasteiger partial charge in [-0.2, -0.15) is 0 Å². The average Bonchev–Trinajstić information content (AvgIpc) is 2.90. The summed E-state index contributed by atoms with van der Waals surface area (Å²) in [6, 6.07) is 0. The zero-order valence-corrected chi connectivity index (χ0v) is 11.9. The minimum atomic E-state index is -0.234. The van der Waals surface area contributed by atoms with Crippen LogP contribution in [0, 0.1) is 5.92 Å². The summed E-state index contributed by atoms with van der Waals surface area (Å²) in [6.45, 7) is 5.90. The van der Waals surface area contributed by atoms with Crippen molar-refractivity contribution in [2.24, 2.45) is 5.92 Å². The minimum Gasteiger partial charge on any atom is -0.385 e. The summed E-state index contributed by atoms with van der Waals surface area (Å²) in [5.74, 6) is 0.784. The van der Waals surface area contributed by atoms with Crippen LogP contribution in [0.15, 0.2) is 0 Å². The van der Waals surface area contributed by atoms with Crippen LogP contribution < -0.4 is 5.32 Å². The van der Waals surface area contributed by atoms with Gasteiger partial charge in [0.05, 0.1) is 11.7 Å². The molecular weight excluding hydrogens is 228 g/mol. The summed E-state index contributed by atoms with van der Waals surface area (Å²) in [6.07, 6.45) is 5.49. The molecule has 2 rings (SSSR count). The zero-order valence-electron chi connectivity index (χ0n) is 11.9. The number of hydrogen-bond donors (Lipinski definition) is 1. The van der Waals surface area contributed by atoms with E-state index in [1.165, 1.54) is 12.8 Å². The Labute approximate surface area is 110 Å². The van der Waals surface area contributed by atoms with E-state index in [4.69, 9.17) is 4.74 Å². The highest BCUT2D eigenvalue weighted by Gasteiger charge is 2.52. The van der Waals surface area contributed by atoms with Crippen molar-refractivity contribution >= 4 is 5.91 Å². The van der Waals surface area contributed by atoms with E-state index in [2.05, 4.69) is 24.1 Å². The highest BCUT2D eigenvalue weighted by molar-refractivity contribution is 5.89. The van der Waals surface area contributed by atoms with E-state index in [1.54, 1.807) is 7.11 Å². The Balaban J connectivity index is 2.07. The van der Waals surface area contributed by atoms with Gasteiger partial charge in [0.1, 0.15) is 0 Å². The molecular formula is C14H26N2O2. The summed E-state index contributed by atoms with van der Waals surface area (Å²) in [7, 11) is 1.71. The van der Waals surface area contributed by atoms with Gasteiger partial charge < -0.3 is 9.64 Å². The molecule has 0 aromatic rings. The predicted molar refractivity (Wildman–Crippen MR) is 71.2 cm³/mol. The maximum absolute atomic E-state index is 12.7. The summed E-state index contributed by atoms with van der Waals surface area (Å²) in [4.78, 5) is 14.7. The Morgan fingerprint density at radius 2 is 2.11 bits per heavy atom. The minimum absolute atomic E-state index is 0.201. The second-order valence-electron chi connectivity index (χ2n) is 5.97. The number of carbonyl (C=O) groups excluding carboxylic acids is 1. The van der Waals surface area contributed by atoms with E-state index in [-0.39, 0.29) is 11.7 Å². The number of hydrogen-bond acceptors (Lipinski definition) is 3. The molecule has 18 heavy (non-hydrogen) atoms. The lowest BCUT2D eigenvalue weighted by Crippen LogP contribution is -2.45. The van der Waals surface area contributed by atoms with Crippen LogP contribution in [0.1, 0.15) is 46.0 Å². The van der Waals surface area contributed by atoms with E-state index >= 15 is 0 Å². The third-order valence-corrected chi connectivity index (χ3v) is 4.27. The monoisotopic (exact) mass is 254 g/mol. The smallest absolute Gasteiger partial charge is 0.244 e. The summed E-state index contributed by atoms with van der Waals surface area (Å²) in [5.41, 5.74) is -0.234. The third kappa shape index (κ3) is 2.41. The molecule has 0 aromatic carbocycles. The van der Waals surface area contributed by atoms with Crippen molar-refractivity contribution in [1.29, 1.82) is 0 Å². The molecule has 0 aromatic heterocycles. The van der Waals surface area contributed by atoms with Crippen molar-refractivity contribution in [3.8, 4) is 0 Å². The molecule has 1 heterocycles. The summed E-state index contributed by atoms with van der Waals surface area (Å²) in [5, 5.41) is 3.63. The van der Waals surface area contributed by atoms with E-state index in [0.717, 1.165) is 32.4 Å². The topological polar surface area (TPSA) is 41.6 Å². The van der Waals surface area contributed by atoms with Crippen molar-refractivity contribution < 1.29 is 9.53 Å². The Morgan fingerprint density at radius 3 is 2.67 bits per heavy atom. The van der Waals surface area contributed by atoms with E-state index in [0.29, 0.717) is 11.8 Å². The maximum Gasteiger partial charge on any atom is 0.244 e. The number of carbonyl (C=O) groups is 1. The lowest BCUT2D eigenvalue weighted by Gasteiger charge is -2.27. The van der Waals surface area contributed by atoms with Gasteiger partial charge in [-0.1, -0.05) is 26.7 Å². The van der Waals surface area contributed by atoms with Crippen molar-refractivity contribution in [2.45, 2.75) is 57.7 Å². The zero-order chi connectivity index (χ0) is 13.2. The quantitative estimate of drug-likeness (QED) is 0.760. The molecule has 4 nitrogen and oxygen atoms in total. The highest BCUT2D eigenvalue weighted by atomic mass is 16.5. The largest absolute Gasteiger partial charge is 0.385 e. The summed E-state index contributed by atoms with van der Waals surface area (Å²) >= 11 is 0. The molecule has 1 N–H and O–H groups in total. The first-order valence-corrected chi connectivity index (χ1v) is 7.18. The van der Waals surface area contributed by atoms with Crippen molar-refractivity contribution in [3.63, 3.8) is 0 Å². The second kappa shape index (κ2) is 5.57.